The third-order valence-electron chi connectivity index (χ3n) is 3.38. The van der Waals surface area contributed by atoms with Gasteiger partial charge in [0.15, 0.2) is 0 Å². The number of hydrogen-bond acceptors (Lipinski definition) is 4. The van der Waals surface area contributed by atoms with E-state index in [4.69, 9.17) is 4.42 Å². The van der Waals surface area contributed by atoms with Gasteiger partial charge in [-0.15, -0.1) is 0 Å². The van der Waals surface area contributed by atoms with Gasteiger partial charge in [-0.05, 0) is 49.1 Å². The van der Waals surface area contributed by atoms with E-state index in [0.717, 1.165) is 22.6 Å². The van der Waals surface area contributed by atoms with E-state index in [9.17, 15) is 4.79 Å². The lowest BCUT2D eigenvalue weighted by atomic mass is 10.1. The van der Waals surface area contributed by atoms with Crippen LogP contribution >= 0.6 is 11.3 Å². The van der Waals surface area contributed by atoms with Crippen molar-refractivity contribution in [2.24, 2.45) is 0 Å². The van der Waals surface area contributed by atoms with Crippen LogP contribution in [0.2, 0.25) is 0 Å². The van der Waals surface area contributed by atoms with E-state index >= 15 is 0 Å². The number of nitrogens with zero attached hydrogens (tertiary/aromatic N) is 1. The first-order valence-corrected chi connectivity index (χ1v) is 7.90. The Morgan fingerprint density at radius 2 is 2.18 bits per heavy atom. The first kappa shape index (κ1) is 14.5. The predicted octanol–water partition coefficient (Wildman–Crippen LogP) is 3.95. The number of rotatable bonds is 4. The second-order valence-electron chi connectivity index (χ2n) is 5.07. The van der Waals surface area contributed by atoms with Crippen LogP contribution in [0.3, 0.4) is 0 Å². The summed E-state index contributed by atoms with van der Waals surface area (Å²) in [6.45, 7) is 4.09. The molecule has 0 aliphatic heterocycles. The van der Waals surface area contributed by atoms with Gasteiger partial charge in [0.2, 0.25) is 0 Å². The van der Waals surface area contributed by atoms with Crippen LogP contribution in [0.1, 0.15) is 27.4 Å². The zero-order valence-corrected chi connectivity index (χ0v) is 13.2. The van der Waals surface area contributed by atoms with Gasteiger partial charge >= 0.3 is 0 Å². The normalized spacial score (nSPS) is 10.6. The molecule has 1 N–H and O–H groups in total. The van der Waals surface area contributed by atoms with Gasteiger partial charge < -0.3 is 9.73 Å². The highest BCUT2D eigenvalue weighted by Crippen LogP contribution is 2.20. The van der Waals surface area contributed by atoms with Crippen molar-refractivity contribution in [2.75, 3.05) is 0 Å². The van der Waals surface area contributed by atoms with E-state index in [1.165, 1.54) is 0 Å². The maximum atomic E-state index is 12.2. The number of pyridine rings is 1. The summed E-state index contributed by atoms with van der Waals surface area (Å²) >= 11 is 1.64. The zero-order valence-electron chi connectivity index (χ0n) is 12.4. The number of carbonyl (C=O) groups is 1. The van der Waals surface area contributed by atoms with Crippen molar-refractivity contribution in [3.05, 3.63) is 63.9 Å². The highest BCUT2D eigenvalue weighted by atomic mass is 32.1. The minimum absolute atomic E-state index is 0.122. The van der Waals surface area contributed by atoms with Crippen LogP contribution < -0.4 is 5.32 Å². The van der Waals surface area contributed by atoms with Crippen molar-refractivity contribution in [3.63, 3.8) is 0 Å². The van der Waals surface area contributed by atoms with Crippen LogP contribution in [0.15, 0.2) is 45.6 Å². The molecule has 0 saturated heterocycles. The van der Waals surface area contributed by atoms with Crippen LogP contribution in [0, 0.1) is 13.8 Å². The fourth-order valence-corrected chi connectivity index (χ4v) is 2.94. The Hall–Kier alpha value is -2.40. The van der Waals surface area contributed by atoms with E-state index in [1.807, 2.05) is 30.5 Å². The van der Waals surface area contributed by atoms with Crippen LogP contribution in [0.4, 0.5) is 0 Å². The number of carbonyl (C=O) groups excluding carboxylic acids is 1. The van der Waals surface area contributed by atoms with Gasteiger partial charge in [0.1, 0.15) is 11.5 Å². The molecule has 3 heterocycles. The Morgan fingerprint density at radius 3 is 2.86 bits per heavy atom. The summed E-state index contributed by atoms with van der Waals surface area (Å²) in [5, 5.41) is 7.00. The number of nitrogens with one attached hydrogen (secondary N) is 1. The van der Waals surface area contributed by atoms with E-state index < -0.39 is 0 Å². The minimum atomic E-state index is -0.122. The summed E-state index contributed by atoms with van der Waals surface area (Å²) < 4.78 is 5.39. The topological polar surface area (TPSA) is 55.1 Å². The van der Waals surface area contributed by atoms with E-state index in [0.29, 0.717) is 17.9 Å². The second-order valence-corrected chi connectivity index (χ2v) is 5.85. The van der Waals surface area contributed by atoms with Gasteiger partial charge in [-0.2, -0.15) is 11.3 Å². The molecule has 4 nitrogen and oxygen atoms in total. The number of aromatic nitrogens is 1. The van der Waals surface area contributed by atoms with Gasteiger partial charge in [0.05, 0.1) is 11.3 Å². The number of furan rings is 1. The highest BCUT2D eigenvalue weighted by Gasteiger charge is 2.13. The van der Waals surface area contributed by atoms with Crippen LogP contribution in [0.25, 0.3) is 11.3 Å². The summed E-state index contributed by atoms with van der Waals surface area (Å²) in [5.41, 5.74) is 3.62. The first-order chi connectivity index (χ1) is 10.6. The lowest BCUT2D eigenvalue weighted by Crippen LogP contribution is -2.23. The Labute approximate surface area is 132 Å². The third kappa shape index (κ3) is 3.09. The summed E-state index contributed by atoms with van der Waals surface area (Å²) in [4.78, 5) is 16.5. The van der Waals surface area contributed by atoms with E-state index in [-0.39, 0.29) is 5.91 Å². The zero-order chi connectivity index (χ0) is 15.5. The van der Waals surface area contributed by atoms with Crippen molar-refractivity contribution in [1.29, 1.82) is 0 Å². The van der Waals surface area contributed by atoms with E-state index in [2.05, 4.69) is 15.7 Å². The fourth-order valence-electron chi connectivity index (χ4n) is 2.29. The molecule has 0 spiro atoms. The molecule has 0 bridgehead atoms. The first-order valence-electron chi connectivity index (χ1n) is 6.96. The van der Waals surface area contributed by atoms with Crippen molar-refractivity contribution in [3.8, 4) is 11.3 Å². The molecule has 22 heavy (non-hydrogen) atoms. The Morgan fingerprint density at radius 1 is 1.32 bits per heavy atom. The Balaban J connectivity index is 1.70. The smallest absolute Gasteiger partial charge is 0.255 e. The summed E-state index contributed by atoms with van der Waals surface area (Å²) in [7, 11) is 0. The van der Waals surface area contributed by atoms with Crippen molar-refractivity contribution < 1.29 is 9.21 Å². The molecule has 112 valence electrons. The third-order valence-corrected chi connectivity index (χ3v) is 4.06. The number of amides is 1. The Bertz CT molecular complexity index is 791. The van der Waals surface area contributed by atoms with Crippen LogP contribution in [0.5, 0.6) is 0 Å². The molecule has 3 rings (SSSR count). The molecule has 0 aliphatic rings. The maximum absolute atomic E-state index is 12.2. The molecule has 3 aromatic rings. The lowest BCUT2D eigenvalue weighted by Gasteiger charge is -2.06. The molecular formula is C17H16N2O2S. The van der Waals surface area contributed by atoms with Gasteiger partial charge in [0, 0.05) is 23.7 Å². The van der Waals surface area contributed by atoms with Crippen LogP contribution in [-0.4, -0.2) is 10.9 Å². The molecule has 3 aromatic heterocycles. The largest absolute Gasteiger partial charge is 0.466 e. The average Bonchev–Trinajstić information content (AvgIpc) is 3.15. The van der Waals surface area contributed by atoms with E-state index in [1.54, 1.807) is 30.5 Å². The molecule has 0 atom stereocenters. The maximum Gasteiger partial charge on any atom is 0.255 e. The highest BCUT2D eigenvalue weighted by molar-refractivity contribution is 7.08. The monoisotopic (exact) mass is 312 g/mol. The number of hydrogen-bond donors (Lipinski definition) is 1. The molecule has 0 aliphatic carbocycles. The molecule has 1 amide bonds. The number of aryl methyl sites for hydroxylation is 2. The van der Waals surface area contributed by atoms with Gasteiger partial charge in [-0.3, -0.25) is 9.78 Å². The Kier molecular flexibility index (Phi) is 4.06. The van der Waals surface area contributed by atoms with Gasteiger partial charge in [0.25, 0.3) is 5.91 Å². The molecule has 0 saturated carbocycles. The molecular weight excluding hydrogens is 296 g/mol. The summed E-state index contributed by atoms with van der Waals surface area (Å²) in [5.74, 6) is 1.26. The molecule has 0 radical (unpaired) electrons. The summed E-state index contributed by atoms with van der Waals surface area (Å²) in [6, 6.07) is 7.69. The predicted molar refractivity (Wildman–Crippen MR) is 86.9 cm³/mol. The standard InChI is InChI=1S/C17H16N2O2S/c1-11-7-15(12(2)21-11)17(20)19-9-13-3-5-18-16(8-13)14-4-6-22-10-14/h3-8,10H,9H2,1-2H3,(H,19,20). The second kappa shape index (κ2) is 6.15. The summed E-state index contributed by atoms with van der Waals surface area (Å²) in [6.07, 6.45) is 1.77. The SMILES string of the molecule is Cc1cc(C(=O)NCc2ccnc(-c3ccsc3)c2)c(C)o1. The van der Waals surface area contributed by atoms with Gasteiger partial charge in [-0.1, -0.05) is 0 Å². The molecule has 0 unspecified atom stereocenters. The molecule has 0 fully saturated rings. The molecule has 5 heteroatoms. The van der Waals surface area contributed by atoms with Crippen LogP contribution in [-0.2, 0) is 6.54 Å². The van der Waals surface area contributed by atoms with Gasteiger partial charge in [-0.25, -0.2) is 0 Å². The quantitative estimate of drug-likeness (QED) is 0.793. The minimum Gasteiger partial charge on any atom is -0.466 e. The molecule has 0 aromatic carbocycles. The average molecular weight is 312 g/mol. The van der Waals surface area contributed by atoms with Crippen molar-refractivity contribution in [2.45, 2.75) is 20.4 Å². The lowest BCUT2D eigenvalue weighted by molar-refractivity contribution is 0.0949. The van der Waals surface area contributed by atoms with Crippen molar-refractivity contribution in [1.82, 2.24) is 10.3 Å². The number of thiophene rings is 1. The fraction of sp³-hybridized carbons (Fsp3) is 0.176. The van der Waals surface area contributed by atoms with Crippen molar-refractivity contribution >= 4 is 17.2 Å².